The van der Waals surface area contributed by atoms with Crippen LogP contribution in [0.2, 0.25) is 26.2 Å². The van der Waals surface area contributed by atoms with Crippen molar-refractivity contribution in [2.75, 3.05) is 12.4 Å². The van der Waals surface area contributed by atoms with Crippen LogP contribution in [0.15, 0.2) is 12.7 Å². The summed E-state index contributed by atoms with van der Waals surface area (Å²) < 4.78 is 25.9. The van der Waals surface area contributed by atoms with Crippen LogP contribution in [0.3, 0.4) is 0 Å². The van der Waals surface area contributed by atoms with Gasteiger partial charge in [-0.15, -0.1) is 6.58 Å². The van der Waals surface area contributed by atoms with Crippen molar-refractivity contribution in [3.8, 4) is 0 Å². The summed E-state index contributed by atoms with van der Waals surface area (Å²) in [5.41, 5.74) is 0. The second-order valence-corrected chi connectivity index (χ2v) is 12.5. The van der Waals surface area contributed by atoms with Gasteiger partial charge in [-0.25, -0.2) is 0 Å². The molecule has 0 saturated carbocycles. The van der Waals surface area contributed by atoms with Crippen LogP contribution in [0.25, 0.3) is 0 Å². The Morgan fingerprint density at radius 2 is 1.67 bits per heavy atom. The average Bonchev–Trinajstić information content (AvgIpc) is 1.97. The maximum atomic E-state index is 10.7. The van der Waals surface area contributed by atoms with Gasteiger partial charge in [0, 0.05) is 8.07 Å². The molecule has 0 unspecified atom stereocenters. The van der Waals surface area contributed by atoms with Crippen LogP contribution in [-0.2, 0) is 14.3 Å². The van der Waals surface area contributed by atoms with Gasteiger partial charge >= 0.3 is 0 Å². The van der Waals surface area contributed by atoms with Crippen molar-refractivity contribution in [3.05, 3.63) is 12.7 Å². The Bertz CT molecular complexity index is 246. The standard InChI is InChI=1S/C6H12O3S.C4H12Si/c1-3-5-9-10(7,8)6-4-2;1-5(2,3)4/h4H,2-3,5-6H2,1H3;1-4H3. The van der Waals surface area contributed by atoms with E-state index in [-0.39, 0.29) is 12.4 Å². The van der Waals surface area contributed by atoms with Crippen molar-refractivity contribution < 1.29 is 12.6 Å². The molecule has 0 spiro atoms. The first-order chi connectivity index (χ1) is 6.62. The Labute approximate surface area is 95.7 Å². The SMILES string of the molecule is C=CCS(=O)(=O)OCCC.C[Si](C)(C)C. The third-order valence-electron chi connectivity index (χ3n) is 0.789. The Kier molecular flexibility index (Phi) is 9.29. The van der Waals surface area contributed by atoms with Crippen LogP contribution >= 0.6 is 0 Å². The zero-order valence-corrected chi connectivity index (χ0v) is 12.4. The van der Waals surface area contributed by atoms with E-state index in [9.17, 15) is 8.42 Å². The Morgan fingerprint density at radius 1 is 1.27 bits per heavy atom. The van der Waals surface area contributed by atoms with E-state index in [0.29, 0.717) is 6.42 Å². The van der Waals surface area contributed by atoms with Crippen molar-refractivity contribution in [1.29, 1.82) is 0 Å². The number of hydrogen-bond donors (Lipinski definition) is 0. The maximum absolute atomic E-state index is 10.7. The maximum Gasteiger partial charge on any atom is 0.270 e. The molecular weight excluding hydrogens is 228 g/mol. The summed E-state index contributed by atoms with van der Waals surface area (Å²) in [6, 6.07) is 0. The van der Waals surface area contributed by atoms with Gasteiger partial charge in [0.05, 0.1) is 12.4 Å². The third-order valence-corrected chi connectivity index (χ3v) is 1.96. The lowest BCUT2D eigenvalue weighted by molar-refractivity contribution is 0.320. The molecule has 3 nitrogen and oxygen atoms in total. The molecule has 0 radical (unpaired) electrons. The lowest BCUT2D eigenvalue weighted by Gasteiger charge is -2.01. The third kappa shape index (κ3) is 24.8. The summed E-state index contributed by atoms with van der Waals surface area (Å²) in [6.45, 7) is 14.7. The molecule has 0 N–H and O–H groups in total. The highest BCUT2D eigenvalue weighted by Crippen LogP contribution is 1.94. The van der Waals surface area contributed by atoms with Gasteiger partial charge in [0.15, 0.2) is 0 Å². The zero-order valence-electron chi connectivity index (χ0n) is 10.5. The fourth-order valence-electron chi connectivity index (χ4n) is 0.403. The van der Waals surface area contributed by atoms with Crippen molar-refractivity contribution >= 4 is 18.2 Å². The van der Waals surface area contributed by atoms with Crippen molar-refractivity contribution in [1.82, 2.24) is 0 Å². The van der Waals surface area contributed by atoms with Gasteiger partial charge in [0.2, 0.25) is 0 Å². The molecule has 0 bridgehead atoms. The van der Waals surface area contributed by atoms with Crippen LogP contribution in [0, 0.1) is 0 Å². The Hall–Kier alpha value is -0.133. The lowest BCUT2D eigenvalue weighted by atomic mass is 10.5. The van der Waals surface area contributed by atoms with E-state index in [2.05, 4.69) is 37.0 Å². The van der Waals surface area contributed by atoms with E-state index in [0.717, 1.165) is 0 Å². The van der Waals surface area contributed by atoms with Crippen molar-refractivity contribution in [2.45, 2.75) is 39.5 Å². The molecule has 0 aliphatic heterocycles. The van der Waals surface area contributed by atoms with Gasteiger partial charge in [-0.05, 0) is 6.42 Å². The predicted octanol–water partition coefficient (Wildman–Crippen LogP) is 2.88. The fourth-order valence-corrected chi connectivity index (χ4v) is 1.21. The molecule has 0 aliphatic carbocycles. The first-order valence-corrected chi connectivity index (χ1v) is 10.7. The summed E-state index contributed by atoms with van der Waals surface area (Å²) in [5.74, 6) is -0.104. The molecule has 0 heterocycles. The molecule has 0 aromatic rings. The second-order valence-electron chi connectivity index (χ2n) is 4.83. The normalized spacial score (nSPS) is 11.5. The molecule has 5 heteroatoms. The van der Waals surface area contributed by atoms with Gasteiger partial charge in [0.25, 0.3) is 10.1 Å². The first-order valence-electron chi connectivity index (χ1n) is 5.10. The Balaban J connectivity index is 0. The highest BCUT2D eigenvalue weighted by Gasteiger charge is 2.05. The summed E-state index contributed by atoms with van der Waals surface area (Å²) >= 11 is 0. The molecule has 0 rings (SSSR count). The Morgan fingerprint density at radius 3 is 1.93 bits per heavy atom. The zero-order chi connectivity index (χ0) is 12.5. The molecule has 0 atom stereocenters. The number of rotatable bonds is 5. The molecule has 0 saturated heterocycles. The van der Waals surface area contributed by atoms with Crippen LogP contribution in [0.5, 0.6) is 0 Å². The van der Waals surface area contributed by atoms with Crippen LogP contribution < -0.4 is 0 Å². The van der Waals surface area contributed by atoms with E-state index < -0.39 is 18.2 Å². The highest BCUT2D eigenvalue weighted by molar-refractivity contribution is 7.86. The predicted molar refractivity (Wildman–Crippen MR) is 69.4 cm³/mol. The molecule has 15 heavy (non-hydrogen) atoms. The number of hydrogen-bond acceptors (Lipinski definition) is 3. The van der Waals surface area contributed by atoms with Gasteiger partial charge in [-0.3, -0.25) is 4.18 Å². The summed E-state index contributed by atoms with van der Waals surface area (Å²) in [6.07, 6.45) is 2.02. The first kappa shape index (κ1) is 17.3. The lowest BCUT2D eigenvalue weighted by Crippen LogP contribution is -2.10. The topological polar surface area (TPSA) is 43.4 Å². The summed E-state index contributed by atoms with van der Waals surface area (Å²) in [5, 5.41) is 0. The molecule has 0 amide bonds. The highest BCUT2D eigenvalue weighted by atomic mass is 32.2. The van der Waals surface area contributed by atoms with E-state index >= 15 is 0 Å². The van der Waals surface area contributed by atoms with Crippen LogP contribution in [0.4, 0.5) is 0 Å². The van der Waals surface area contributed by atoms with E-state index in [4.69, 9.17) is 0 Å². The molecule has 0 aliphatic rings. The minimum atomic E-state index is -3.31. The minimum absolute atomic E-state index is 0.104. The monoisotopic (exact) mass is 252 g/mol. The van der Waals surface area contributed by atoms with E-state index in [1.807, 2.05) is 6.92 Å². The van der Waals surface area contributed by atoms with Crippen molar-refractivity contribution in [3.63, 3.8) is 0 Å². The molecule has 0 aromatic carbocycles. The van der Waals surface area contributed by atoms with Crippen molar-refractivity contribution in [2.24, 2.45) is 0 Å². The van der Waals surface area contributed by atoms with Gasteiger partial charge < -0.3 is 0 Å². The van der Waals surface area contributed by atoms with Gasteiger partial charge in [0.1, 0.15) is 0 Å². The molecule has 0 fully saturated rings. The smallest absolute Gasteiger partial charge is 0.270 e. The van der Waals surface area contributed by atoms with Gasteiger partial charge in [-0.2, -0.15) is 8.42 Å². The quantitative estimate of drug-likeness (QED) is 0.429. The molecule has 92 valence electrons. The van der Waals surface area contributed by atoms with E-state index in [1.165, 1.54) is 6.08 Å². The van der Waals surface area contributed by atoms with Gasteiger partial charge in [-0.1, -0.05) is 39.2 Å². The minimum Gasteiger partial charge on any atom is -0.270 e. The largest absolute Gasteiger partial charge is 0.270 e. The van der Waals surface area contributed by atoms with Crippen LogP contribution in [0.1, 0.15) is 13.3 Å². The summed E-state index contributed by atoms with van der Waals surface area (Å²) in [4.78, 5) is 0. The second kappa shape index (κ2) is 8.07. The molecule has 0 aromatic heterocycles. The fraction of sp³-hybridized carbons (Fsp3) is 0.800. The molecular formula is C10H24O3SSi. The van der Waals surface area contributed by atoms with E-state index in [1.54, 1.807) is 0 Å². The summed E-state index contributed by atoms with van der Waals surface area (Å²) in [7, 11) is -3.92. The average molecular weight is 252 g/mol. The van der Waals surface area contributed by atoms with Crippen LogP contribution in [-0.4, -0.2) is 28.9 Å².